The van der Waals surface area contributed by atoms with Crippen LogP contribution in [0.1, 0.15) is 6.42 Å². The van der Waals surface area contributed by atoms with Crippen molar-refractivity contribution >= 4 is 17.5 Å². The van der Waals surface area contributed by atoms with Crippen LogP contribution in [-0.4, -0.2) is 44.6 Å². The molecular weight excluding hydrogens is 347 g/mol. The molecule has 1 unspecified atom stereocenters. The summed E-state index contributed by atoms with van der Waals surface area (Å²) in [6.45, 7) is 0.427. The van der Waals surface area contributed by atoms with Crippen LogP contribution in [0.15, 0.2) is 36.8 Å². The number of rotatable bonds is 2. The van der Waals surface area contributed by atoms with Gasteiger partial charge in [-0.25, -0.2) is 27.9 Å². The van der Waals surface area contributed by atoms with Gasteiger partial charge >= 0.3 is 6.03 Å². The van der Waals surface area contributed by atoms with Crippen LogP contribution in [0.3, 0.4) is 0 Å². The molecule has 2 aromatic heterocycles. The number of anilines is 1. The lowest BCUT2D eigenvalue weighted by molar-refractivity contribution is 0.217. The predicted octanol–water partition coefficient (Wildman–Crippen LogP) is 3.25. The summed E-state index contributed by atoms with van der Waals surface area (Å²) >= 11 is 0. The van der Waals surface area contributed by atoms with E-state index in [-0.39, 0.29) is 12.4 Å². The van der Waals surface area contributed by atoms with E-state index in [4.69, 9.17) is 0 Å². The summed E-state index contributed by atoms with van der Waals surface area (Å²) < 4.78 is 41.3. The van der Waals surface area contributed by atoms with Crippen molar-refractivity contribution in [1.29, 1.82) is 0 Å². The maximum atomic E-state index is 13.4. The second kappa shape index (κ2) is 6.32. The van der Waals surface area contributed by atoms with E-state index in [0.29, 0.717) is 29.9 Å². The van der Waals surface area contributed by atoms with Crippen LogP contribution in [0.4, 0.5) is 23.8 Å². The monoisotopic (exact) mass is 361 g/mol. The van der Waals surface area contributed by atoms with Gasteiger partial charge in [-0.3, -0.25) is 9.72 Å². The molecule has 2 amide bonds. The van der Waals surface area contributed by atoms with E-state index in [1.807, 2.05) is 0 Å². The molecule has 1 N–H and O–H groups in total. The third kappa shape index (κ3) is 3.07. The first kappa shape index (κ1) is 16.4. The number of carbonyl (C=O) groups excluding carboxylic acids is 1. The number of hydrogen-bond donors (Lipinski definition) is 1. The van der Waals surface area contributed by atoms with Gasteiger partial charge in [0.15, 0.2) is 11.6 Å². The van der Waals surface area contributed by atoms with Crippen LogP contribution in [0.5, 0.6) is 0 Å². The number of amides is 2. The Hall–Kier alpha value is -3.10. The summed E-state index contributed by atoms with van der Waals surface area (Å²) in [6.07, 6.45) is 2.40. The molecule has 1 aromatic carbocycles. The van der Waals surface area contributed by atoms with Crippen molar-refractivity contribution in [3.8, 4) is 11.3 Å². The predicted molar refractivity (Wildman–Crippen MR) is 88.4 cm³/mol. The van der Waals surface area contributed by atoms with E-state index in [0.717, 1.165) is 12.1 Å². The quantitative estimate of drug-likeness (QED) is 0.762. The van der Waals surface area contributed by atoms with Gasteiger partial charge in [0.05, 0.1) is 12.2 Å². The van der Waals surface area contributed by atoms with Gasteiger partial charge in [0.2, 0.25) is 0 Å². The topological polar surface area (TPSA) is 62.5 Å². The number of likely N-dealkylation sites (tertiary alicyclic amines) is 1. The summed E-state index contributed by atoms with van der Waals surface area (Å²) in [5, 5.41) is 2.61. The number of fused-ring (bicyclic) bond motifs is 1. The highest BCUT2D eigenvalue weighted by Crippen LogP contribution is 2.22. The van der Waals surface area contributed by atoms with E-state index in [9.17, 15) is 18.0 Å². The van der Waals surface area contributed by atoms with E-state index in [1.165, 1.54) is 17.3 Å². The van der Waals surface area contributed by atoms with Gasteiger partial charge < -0.3 is 4.90 Å². The molecule has 134 valence electrons. The fraction of sp³-hybridized carbons (Fsp3) is 0.235. The minimum absolute atomic E-state index is 0.0672. The summed E-state index contributed by atoms with van der Waals surface area (Å²) in [4.78, 5) is 21.9. The van der Waals surface area contributed by atoms with Gasteiger partial charge in [-0.2, -0.15) is 0 Å². The lowest BCUT2D eigenvalue weighted by Gasteiger charge is -2.15. The molecule has 3 heterocycles. The average Bonchev–Trinajstić information content (AvgIpc) is 3.23. The Morgan fingerprint density at radius 3 is 2.81 bits per heavy atom. The van der Waals surface area contributed by atoms with Crippen molar-refractivity contribution in [1.82, 2.24) is 19.3 Å². The number of carbonyl (C=O) groups is 1. The minimum Gasteiger partial charge on any atom is -0.321 e. The fourth-order valence-electron chi connectivity index (χ4n) is 2.84. The number of imidazole rings is 1. The van der Waals surface area contributed by atoms with Gasteiger partial charge in [-0.1, -0.05) is 0 Å². The lowest BCUT2D eigenvalue weighted by atomic mass is 10.1. The van der Waals surface area contributed by atoms with Crippen LogP contribution in [0.2, 0.25) is 0 Å². The second-order valence-electron chi connectivity index (χ2n) is 6.06. The second-order valence-corrected chi connectivity index (χ2v) is 6.06. The van der Waals surface area contributed by atoms with Crippen LogP contribution >= 0.6 is 0 Å². The minimum atomic E-state index is -0.998. The van der Waals surface area contributed by atoms with Crippen molar-refractivity contribution in [2.75, 3.05) is 18.4 Å². The van der Waals surface area contributed by atoms with Gasteiger partial charge in [0.1, 0.15) is 24.0 Å². The Labute approximate surface area is 146 Å². The van der Waals surface area contributed by atoms with Crippen molar-refractivity contribution in [3.05, 3.63) is 48.4 Å². The number of nitrogens with zero attached hydrogens (tertiary/aromatic N) is 4. The zero-order chi connectivity index (χ0) is 18.3. The summed E-state index contributed by atoms with van der Waals surface area (Å²) in [5.41, 5.74) is 1.33. The summed E-state index contributed by atoms with van der Waals surface area (Å²) in [5.74, 6) is -1.61. The van der Waals surface area contributed by atoms with Crippen molar-refractivity contribution in [2.45, 2.75) is 12.6 Å². The molecule has 6 nitrogen and oxygen atoms in total. The molecular formula is C17H14F3N5O. The molecule has 0 spiro atoms. The molecule has 0 bridgehead atoms. The Morgan fingerprint density at radius 1 is 1.23 bits per heavy atom. The van der Waals surface area contributed by atoms with Crippen LogP contribution in [0.25, 0.3) is 16.9 Å². The number of urea groups is 1. The Balaban J connectivity index is 1.57. The molecule has 0 saturated carbocycles. The molecule has 0 aliphatic carbocycles. The third-order valence-electron chi connectivity index (χ3n) is 4.22. The van der Waals surface area contributed by atoms with Gasteiger partial charge in [0, 0.05) is 24.4 Å². The molecule has 1 aliphatic rings. The van der Waals surface area contributed by atoms with E-state index in [1.54, 1.807) is 16.7 Å². The number of aromatic nitrogens is 3. The standard InChI is InChI=1S/C17H14F3N5O/c18-11-3-4-24(7-11)17(26)23-15-6-16-22-14(8-25(16)9-21-15)10-1-2-12(19)13(20)5-10/h1-2,5-6,8-9,11H,3-4,7H2,(H,23,26). The molecule has 1 fully saturated rings. The van der Waals surface area contributed by atoms with Crippen LogP contribution in [0, 0.1) is 11.6 Å². The SMILES string of the molecule is O=C(Nc1cc2nc(-c3ccc(F)c(F)c3)cn2cn1)N1CCC(F)C1. The molecule has 3 aromatic rings. The highest BCUT2D eigenvalue weighted by molar-refractivity contribution is 5.89. The van der Waals surface area contributed by atoms with Crippen molar-refractivity contribution in [2.24, 2.45) is 0 Å². The number of halogens is 3. The highest BCUT2D eigenvalue weighted by Gasteiger charge is 2.26. The molecule has 1 saturated heterocycles. The van der Waals surface area contributed by atoms with Crippen LogP contribution in [-0.2, 0) is 0 Å². The smallest absolute Gasteiger partial charge is 0.321 e. The van der Waals surface area contributed by atoms with Crippen molar-refractivity contribution in [3.63, 3.8) is 0 Å². The molecule has 4 rings (SSSR count). The van der Waals surface area contributed by atoms with E-state index < -0.39 is 23.8 Å². The number of nitrogens with one attached hydrogen (secondary N) is 1. The first-order valence-corrected chi connectivity index (χ1v) is 8.00. The fourth-order valence-corrected chi connectivity index (χ4v) is 2.84. The molecule has 0 radical (unpaired) electrons. The first-order valence-electron chi connectivity index (χ1n) is 8.00. The lowest BCUT2D eigenvalue weighted by Crippen LogP contribution is -2.33. The zero-order valence-electron chi connectivity index (χ0n) is 13.5. The molecule has 26 heavy (non-hydrogen) atoms. The summed E-state index contributed by atoms with van der Waals surface area (Å²) in [6, 6.07) is 4.65. The highest BCUT2D eigenvalue weighted by atomic mass is 19.2. The van der Waals surface area contributed by atoms with E-state index >= 15 is 0 Å². The van der Waals surface area contributed by atoms with Crippen LogP contribution < -0.4 is 5.32 Å². The van der Waals surface area contributed by atoms with Gasteiger partial charge in [0.25, 0.3) is 0 Å². The number of alkyl halides is 1. The molecule has 9 heteroatoms. The summed E-state index contributed by atoms with van der Waals surface area (Å²) in [7, 11) is 0. The Kier molecular flexibility index (Phi) is 3.98. The first-order chi connectivity index (χ1) is 12.5. The van der Waals surface area contributed by atoms with Gasteiger partial charge in [-0.15, -0.1) is 0 Å². The molecule has 1 atom stereocenters. The maximum Gasteiger partial charge on any atom is 0.323 e. The maximum absolute atomic E-state index is 13.4. The van der Waals surface area contributed by atoms with Gasteiger partial charge in [-0.05, 0) is 24.6 Å². The molecule has 1 aliphatic heterocycles. The largest absolute Gasteiger partial charge is 0.323 e. The van der Waals surface area contributed by atoms with E-state index in [2.05, 4.69) is 15.3 Å². The average molecular weight is 361 g/mol. The Morgan fingerprint density at radius 2 is 2.08 bits per heavy atom. The number of hydrogen-bond acceptors (Lipinski definition) is 3. The Bertz CT molecular complexity index is 990. The third-order valence-corrected chi connectivity index (χ3v) is 4.22. The zero-order valence-corrected chi connectivity index (χ0v) is 13.5. The number of benzene rings is 1. The van der Waals surface area contributed by atoms with Crippen molar-refractivity contribution < 1.29 is 18.0 Å². The normalized spacial score (nSPS) is 17.0.